The van der Waals surface area contributed by atoms with Gasteiger partial charge in [0.2, 0.25) is 0 Å². The molecular formula is C17H31N3S. The molecule has 21 heavy (non-hydrogen) atoms. The van der Waals surface area contributed by atoms with Gasteiger partial charge in [0.15, 0.2) is 5.13 Å². The lowest BCUT2D eigenvalue weighted by Gasteiger charge is -2.29. The Morgan fingerprint density at radius 3 is 2.67 bits per heavy atom. The minimum absolute atomic E-state index is 0.435. The second-order valence-electron chi connectivity index (χ2n) is 7.23. The minimum atomic E-state index is 0.435. The van der Waals surface area contributed by atoms with Crippen molar-refractivity contribution in [1.82, 2.24) is 10.3 Å². The molecule has 0 radical (unpaired) electrons. The molecule has 1 fully saturated rings. The summed E-state index contributed by atoms with van der Waals surface area (Å²) in [6, 6.07) is 0. The van der Waals surface area contributed by atoms with Gasteiger partial charge in [-0.2, -0.15) is 0 Å². The molecule has 3 nitrogen and oxygen atoms in total. The maximum absolute atomic E-state index is 4.90. The Morgan fingerprint density at radius 2 is 2.05 bits per heavy atom. The molecule has 0 aromatic carbocycles. The second kappa shape index (κ2) is 7.10. The number of hydrogen-bond donors (Lipinski definition) is 1. The van der Waals surface area contributed by atoms with E-state index in [0.717, 1.165) is 25.4 Å². The van der Waals surface area contributed by atoms with Gasteiger partial charge in [0.1, 0.15) is 0 Å². The molecule has 4 heteroatoms. The van der Waals surface area contributed by atoms with Gasteiger partial charge in [0.25, 0.3) is 0 Å². The molecule has 0 saturated carbocycles. The van der Waals surface area contributed by atoms with Crippen LogP contribution in [0.4, 0.5) is 5.13 Å². The molecule has 1 N–H and O–H groups in total. The van der Waals surface area contributed by atoms with Gasteiger partial charge in [0, 0.05) is 24.5 Å². The molecule has 0 amide bonds. The van der Waals surface area contributed by atoms with E-state index in [1.54, 1.807) is 0 Å². The zero-order chi connectivity index (χ0) is 15.5. The van der Waals surface area contributed by atoms with E-state index in [0.29, 0.717) is 5.41 Å². The number of nitrogens with zero attached hydrogens (tertiary/aromatic N) is 2. The Balaban J connectivity index is 2.08. The van der Waals surface area contributed by atoms with E-state index in [1.165, 1.54) is 41.5 Å². The third-order valence-corrected chi connectivity index (χ3v) is 5.82. The Morgan fingerprint density at radius 1 is 1.29 bits per heavy atom. The van der Waals surface area contributed by atoms with Crippen LogP contribution in [0.25, 0.3) is 0 Å². The zero-order valence-electron chi connectivity index (χ0n) is 14.3. The summed E-state index contributed by atoms with van der Waals surface area (Å²) in [6.45, 7) is 12.6. The number of hydrogen-bond acceptors (Lipinski definition) is 4. The monoisotopic (exact) mass is 309 g/mol. The second-order valence-corrected chi connectivity index (χ2v) is 8.29. The van der Waals surface area contributed by atoms with Crippen molar-refractivity contribution in [2.45, 2.75) is 59.9 Å². The van der Waals surface area contributed by atoms with Crippen LogP contribution in [0.5, 0.6) is 0 Å². The van der Waals surface area contributed by atoms with Crippen molar-refractivity contribution in [3.8, 4) is 0 Å². The van der Waals surface area contributed by atoms with E-state index in [1.807, 2.05) is 18.4 Å². The molecule has 2 rings (SSSR count). The van der Waals surface area contributed by atoms with Gasteiger partial charge in [-0.3, -0.25) is 0 Å². The highest BCUT2D eigenvalue weighted by molar-refractivity contribution is 7.15. The Kier molecular flexibility index (Phi) is 5.67. The lowest BCUT2D eigenvalue weighted by Crippen LogP contribution is -2.26. The normalized spacial score (nSPS) is 20.6. The SMILES string of the molecule is CCc1nc(N2CCCC(C(C)(C)C)CC2)sc1CNC. The Hall–Kier alpha value is -0.610. The first kappa shape index (κ1) is 16.8. The molecule has 1 saturated heterocycles. The maximum Gasteiger partial charge on any atom is 0.185 e. The van der Waals surface area contributed by atoms with Crippen LogP contribution in [0.2, 0.25) is 0 Å². The van der Waals surface area contributed by atoms with Gasteiger partial charge in [-0.1, -0.05) is 27.7 Å². The summed E-state index contributed by atoms with van der Waals surface area (Å²) in [5.74, 6) is 0.838. The summed E-state index contributed by atoms with van der Waals surface area (Å²) < 4.78 is 0. The van der Waals surface area contributed by atoms with Crippen LogP contribution < -0.4 is 10.2 Å². The van der Waals surface area contributed by atoms with Gasteiger partial charge in [-0.15, -0.1) is 11.3 Å². The molecular weight excluding hydrogens is 278 g/mol. The first-order valence-corrected chi connectivity index (χ1v) is 9.15. The summed E-state index contributed by atoms with van der Waals surface area (Å²) in [6.07, 6.45) is 4.98. The minimum Gasteiger partial charge on any atom is -0.348 e. The van der Waals surface area contributed by atoms with Crippen molar-refractivity contribution in [1.29, 1.82) is 0 Å². The summed E-state index contributed by atoms with van der Waals surface area (Å²) >= 11 is 1.89. The number of aromatic nitrogens is 1. The molecule has 1 unspecified atom stereocenters. The van der Waals surface area contributed by atoms with E-state index in [-0.39, 0.29) is 0 Å². The molecule has 1 aromatic heterocycles. The lowest BCUT2D eigenvalue weighted by atomic mass is 9.77. The lowest BCUT2D eigenvalue weighted by molar-refractivity contribution is 0.220. The van der Waals surface area contributed by atoms with Gasteiger partial charge in [0.05, 0.1) is 5.69 Å². The highest BCUT2D eigenvalue weighted by Gasteiger charge is 2.28. The van der Waals surface area contributed by atoms with Crippen LogP contribution in [-0.2, 0) is 13.0 Å². The maximum atomic E-state index is 4.90. The van der Waals surface area contributed by atoms with Gasteiger partial charge in [-0.25, -0.2) is 4.98 Å². The summed E-state index contributed by atoms with van der Waals surface area (Å²) in [7, 11) is 2.01. The molecule has 1 aromatic rings. The summed E-state index contributed by atoms with van der Waals surface area (Å²) in [5.41, 5.74) is 1.71. The first-order chi connectivity index (χ1) is 9.95. The molecule has 0 spiro atoms. The largest absolute Gasteiger partial charge is 0.348 e. The van der Waals surface area contributed by atoms with Crippen LogP contribution in [0.15, 0.2) is 0 Å². The number of anilines is 1. The molecule has 0 aliphatic carbocycles. The van der Waals surface area contributed by atoms with Crippen LogP contribution in [0, 0.1) is 11.3 Å². The smallest absolute Gasteiger partial charge is 0.185 e. The molecule has 120 valence electrons. The van der Waals surface area contributed by atoms with Crippen molar-refractivity contribution in [2.24, 2.45) is 11.3 Å². The predicted molar refractivity (Wildman–Crippen MR) is 93.3 cm³/mol. The van der Waals surface area contributed by atoms with Gasteiger partial charge >= 0.3 is 0 Å². The fourth-order valence-electron chi connectivity index (χ4n) is 3.23. The highest BCUT2D eigenvalue weighted by atomic mass is 32.1. The third-order valence-electron chi connectivity index (χ3n) is 4.66. The number of aryl methyl sites for hydroxylation is 1. The van der Waals surface area contributed by atoms with E-state index in [2.05, 4.69) is 37.9 Å². The fourth-order valence-corrected chi connectivity index (χ4v) is 4.45. The molecule has 0 bridgehead atoms. The number of thiazole rings is 1. The van der Waals surface area contributed by atoms with Crippen molar-refractivity contribution < 1.29 is 0 Å². The fraction of sp³-hybridized carbons (Fsp3) is 0.824. The van der Waals surface area contributed by atoms with Gasteiger partial charge in [-0.05, 0) is 44.1 Å². The van der Waals surface area contributed by atoms with Crippen LogP contribution in [0.3, 0.4) is 0 Å². The predicted octanol–water partition coefficient (Wildman–Crippen LogP) is 4.08. The molecule has 1 atom stereocenters. The Bertz CT molecular complexity index is 447. The van der Waals surface area contributed by atoms with E-state index < -0.39 is 0 Å². The van der Waals surface area contributed by atoms with Crippen molar-refractivity contribution in [2.75, 3.05) is 25.0 Å². The van der Waals surface area contributed by atoms with E-state index >= 15 is 0 Å². The van der Waals surface area contributed by atoms with Crippen LogP contribution >= 0.6 is 11.3 Å². The van der Waals surface area contributed by atoms with E-state index in [9.17, 15) is 0 Å². The molecule has 1 aliphatic heterocycles. The van der Waals surface area contributed by atoms with Crippen LogP contribution in [0.1, 0.15) is 57.5 Å². The standard InChI is InChI=1S/C17H31N3S/c1-6-14-15(12-18-5)21-16(19-14)20-10-7-8-13(9-11-20)17(2,3)4/h13,18H,6-12H2,1-5H3. The quantitative estimate of drug-likeness (QED) is 0.908. The van der Waals surface area contributed by atoms with Crippen molar-refractivity contribution >= 4 is 16.5 Å². The zero-order valence-corrected chi connectivity index (χ0v) is 15.1. The number of nitrogens with one attached hydrogen (secondary N) is 1. The highest BCUT2D eigenvalue weighted by Crippen LogP contribution is 2.36. The topological polar surface area (TPSA) is 28.2 Å². The first-order valence-electron chi connectivity index (χ1n) is 8.33. The molecule has 1 aliphatic rings. The van der Waals surface area contributed by atoms with E-state index in [4.69, 9.17) is 4.98 Å². The third kappa shape index (κ3) is 4.19. The Labute approximate surface area is 134 Å². The van der Waals surface area contributed by atoms with Gasteiger partial charge < -0.3 is 10.2 Å². The van der Waals surface area contributed by atoms with Crippen molar-refractivity contribution in [3.05, 3.63) is 10.6 Å². The molecule has 2 heterocycles. The average Bonchev–Trinajstić information content (AvgIpc) is 2.66. The number of rotatable bonds is 4. The summed E-state index contributed by atoms with van der Waals surface area (Å²) in [5, 5.41) is 4.51. The van der Waals surface area contributed by atoms with Crippen LogP contribution in [-0.4, -0.2) is 25.1 Å². The average molecular weight is 310 g/mol. The van der Waals surface area contributed by atoms with Crippen molar-refractivity contribution in [3.63, 3.8) is 0 Å². The summed E-state index contributed by atoms with van der Waals surface area (Å²) in [4.78, 5) is 8.84.